The van der Waals surface area contributed by atoms with Crippen molar-refractivity contribution in [3.63, 3.8) is 0 Å². The molecule has 2 aromatic rings. The van der Waals surface area contributed by atoms with Crippen molar-refractivity contribution in [2.45, 2.75) is 25.9 Å². The molecule has 0 saturated carbocycles. The van der Waals surface area contributed by atoms with Crippen molar-refractivity contribution in [1.29, 1.82) is 0 Å². The number of ether oxygens (including phenoxy) is 2. The monoisotopic (exact) mass is 355 g/mol. The molecule has 0 aliphatic heterocycles. The zero-order chi connectivity index (χ0) is 18.1. The van der Waals surface area contributed by atoms with Gasteiger partial charge in [-0.1, -0.05) is 13.3 Å². The molecule has 1 aromatic carbocycles. The lowest BCUT2D eigenvalue weighted by molar-refractivity contribution is -0.137. The fourth-order valence-corrected chi connectivity index (χ4v) is 1.99. The van der Waals surface area contributed by atoms with E-state index in [1.54, 1.807) is 6.20 Å². The number of hydrogen-bond donors (Lipinski definition) is 1. The third kappa shape index (κ3) is 6.13. The number of benzene rings is 1. The van der Waals surface area contributed by atoms with Crippen molar-refractivity contribution in [2.24, 2.45) is 0 Å². The summed E-state index contributed by atoms with van der Waals surface area (Å²) >= 11 is 0. The predicted octanol–water partition coefficient (Wildman–Crippen LogP) is 4.17. The molecular weight excluding hydrogens is 335 g/mol. The number of halogens is 3. The zero-order valence-corrected chi connectivity index (χ0v) is 13.8. The van der Waals surface area contributed by atoms with Crippen molar-refractivity contribution in [2.75, 3.05) is 25.1 Å². The number of aromatic nitrogens is 2. The maximum Gasteiger partial charge on any atom is 0.416 e. The SMILES string of the molecule is CCCCNc1ncncc1OCCOc1ccc(C(F)(F)F)cc1. The van der Waals surface area contributed by atoms with Crippen LogP contribution in [0.5, 0.6) is 11.5 Å². The van der Waals surface area contributed by atoms with Crippen molar-refractivity contribution in [3.05, 3.63) is 42.4 Å². The topological polar surface area (TPSA) is 56.3 Å². The first-order valence-electron chi connectivity index (χ1n) is 7.97. The average molecular weight is 355 g/mol. The van der Waals surface area contributed by atoms with Gasteiger partial charge in [-0.25, -0.2) is 9.97 Å². The molecule has 0 bridgehead atoms. The van der Waals surface area contributed by atoms with E-state index in [2.05, 4.69) is 22.2 Å². The van der Waals surface area contributed by atoms with Gasteiger partial charge < -0.3 is 14.8 Å². The molecule has 5 nitrogen and oxygen atoms in total. The summed E-state index contributed by atoms with van der Waals surface area (Å²) in [5, 5.41) is 3.17. The third-order valence-electron chi connectivity index (χ3n) is 3.29. The Kier molecular flexibility index (Phi) is 6.85. The summed E-state index contributed by atoms with van der Waals surface area (Å²) in [7, 11) is 0. The van der Waals surface area contributed by atoms with Gasteiger partial charge in [-0.05, 0) is 30.7 Å². The average Bonchev–Trinajstić information content (AvgIpc) is 2.60. The van der Waals surface area contributed by atoms with Crippen LogP contribution in [0.25, 0.3) is 0 Å². The van der Waals surface area contributed by atoms with E-state index >= 15 is 0 Å². The molecule has 0 saturated heterocycles. The van der Waals surface area contributed by atoms with Gasteiger partial charge in [-0.15, -0.1) is 0 Å². The summed E-state index contributed by atoms with van der Waals surface area (Å²) in [5.74, 6) is 1.47. The number of nitrogens with zero attached hydrogens (tertiary/aromatic N) is 2. The van der Waals surface area contributed by atoms with E-state index in [0.717, 1.165) is 31.5 Å². The smallest absolute Gasteiger partial charge is 0.416 e. The molecule has 0 unspecified atom stereocenters. The van der Waals surface area contributed by atoms with E-state index in [1.165, 1.54) is 18.5 Å². The van der Waals surface area contributed by atoms with E-state index < -0.39 is 11.7 Å². The normalized spacial score (nSPS) is 11.2. The Hall–Kier alpha value is -2.51. The van der Waals surface area contributed by atoms with Crippen LogP contribution in [-0.4, -0.2) is 29.7 Å². The van der Waals surface area contributed by atoms with Gasteiger partial charge in [0.2, 0.25) is 0 Å². The lowest BCUT2D eigenvalue weighted by atomic mass is 10.2. The molecule has 0 spiro atoms. The van der Waals surface area contributed by atoms with Crippen LogP contribution in [0.2, 0.25) is 0 Å². The van der Waals surface area contributed by atoms with Gasteiger partial charge in [0, 0.05) is 6.54 Å². The highest BCUT2D eigenvalue weighted by Gasteiger charge is 2.29. The molecule has 2 rings (SSSR count). The summed E-state index contributed by atoms with van der Waals surface area (Å²) in [4.78, 5) is 8.05. The van der Waals surface area contributed by atoms with E-state index in [1.807, 2.05) is 0 Å². The van der Waals surface area contributed by atoms with Gasteiger partial charge in [0.25, 0.3) is 0 Å². The summed E-state index contributed by atoms with van der Waals surface area (Å²) in [5.41, 5.74) is -0.708. The molecule has 0 atom stereocenters. The Bertz CT molecular complexity index is 648. The molecule has 136 valence electrons. The van der Waals surface area contributed by atoms with Gasteiger partial charge >= 0.3 is 6.18 Å². The second-order valence-corrected chi connectivity index (χ2v) is 5.23. The number of alkyl halides is 3. The minimum Gasteiger partial charge on any atom is -0.490 e. The molecule has 1 N–H and O–H groups in total. The van der Waals surface area contributed by atoms with E-state index in [0.29, 0.717) is 17.3 Å². The summed E-state index contributed by atoms with van der Waals surface area (Å²) in [6.45, 7) is 3.29. The van der Waals surface area contributed by atoms with Crippen LogP contribution in [-0.2, 0) is 6.18 Å². The molecule has 0 fully saturated rings. The van der Waals surface area contributed by atoms with Gasteiger partial charge in [0.1, 0.15) is 25.3 Å². The molecule has 0 amide bonds. The minimum absolute atomic E-state index is 0.189. The van der Waals surface area contributed by atoms with Crippen LogP contribution in [0.1, 0.15) is 25.3 Å². The standard InChI is InChI=1S/C17H20F3N3O2/c1-2-3-8-22-16-15(11-21-12-23-16)25-10-9-24-14-6-4-13(5-7-14)17(18,19)20/h4-7,11-12H,2-3,8-10H2,1H3,(H,21,22,23). The Morgan fingerprint density at radius 1 is 1.08 bits per heavy atom. The Labute approximate surface area is 144 Å². The first-order valence-corrected chi connectivity index (χ1v) is 7.97. The number of anilines is 1. The third-order valence-corrected chi connectivity index (χ3v) is 3.29. The minimum atomic E-state index is -4.35. The van der Waals surface area contributed by atoms with Crippen LogP contribution < -0.4 is 14.8 Å². The molecule has 8 heteroatoms. The fourth-order valence-electron chi connectivity index (χ4n) is 1.99. The highest BCUT2D eigenvalue weighted by molar-refractivity contribution is 5.47. The Balaban J connectivity index is 1.79. The molecule has 25 heavy (non-hydrogen) atoms. The molecule has 0 aliphatic rings. The number of rotatable bonds is 9. The quantitative estimate of drug-likeness (QED) is 0.685. The van der Waals surface area contributed by atoms with Crippen LogP contribution in [0, 0.1) is 0 Å². The second-order valence-electron chi connectivity index (χ2n) is 5.23. The van der Waals surface area contributed by atoms with Crippen LogP contribution in [0.4, 0.5) is 19.0 Å². The molecule has 0 aliphatic carbocycles. The Morgan fingerprint density at radius 2 is 1.80 bits per heavy atom. The van der Waals surface area contributed by atoms with Crippen molar-refractivity contribution < 1.29 is 22.6 Å². The zero-order valence-electron chi connectivity index (χ0n) is 13.8. The lowest BCUT2D eigenvalue weighted by Crippen LogP contribution is -2.12. The van der Waals surface area contributed by atoms with Gasteiger partial charge in [0.15, 0.2) is 11.6 Å². The number of hydrogen-bond acceptors (Lipinski definition) is 5. The molecule has 0 radical (unpaired) electrons. The van der Waals surface area contributed by atoms with Crippen LogP contribution >= 0.6 is 0 Å². The highest BCUT2D eigenvalue weighted by Crippen LogP contribution is 2.30. The summed E-state index contributed by atoms with van der Waals surface area (Å²) in [6.07, 6.45) is 0.713. The van der Waals surface area contributed by atoms with Crippen molar-refractivity contribution in [1.82, 2.24) is 9.97 Å². The maximum atomic E-state index is 12.5. The summed E-state index contributed by atoms with van der Waals surface area (Å²) < 4.78 is 48.4. The predicted molar refractivity (Wildman–Crippen MR) is 87.9 cm³/mol. The van der Waals surface area contributed by atoms with E-state index in [-0.39, 0.29) is 13.2 Å². The van der Waals surface area contributed by atoms with E-state index in [4.69, 9.17) is 9.47 Å². The van der Waals surface area contributed by atoms with Gasteiger partial charge in [0.05, 0.1) is 11.8 Å². The lowest BCUT2D eigenvalue weighted by Gasteiger charge is -2.12. The highest BCUT2D eigenvalue weighted by atomic mass is 19.4. The van der Waals surface area contributed by atoms with Gasteiger partial charge in [-0.2, -0.15) is 13.2 Å². The maximum absolute atomic E-state index is 12.5. The van der Waals surface area contributed by atoms with Crippen LogP contribution in [0.15, 0.2) is 36.8 Å². The fraction of sp³-hybridized carbons (Fsp3) is 0.412. The molecular formula is C17H20F3N3O2. The number of unbranched alkanes of at least 4 members (excludes halogenated alkanes) is 1. The Morgan fingerprint density at radius 3 is 2.48 bits per heavy atom. The first kappa shape index (κ1) is 18.8. The van der Waals surface area contributed by atoms with Crippen molar-refractivity contribution in [3.8, 4) is 11.5 Å². The largest absolute Gasteiger partial charge is 0.490 e. The van der Waals surface area contributed by atoms with Gasteiger partial charge in [-0.3, -0.25) is 0 Å². The van der Waals surface area contributed by atoms with Crippen LogP contribution in [0.3, 0.4) is 0 Å². The first-order chi connectivity index (χ1) is 12.0. The molecule has 1 aromatic heterocycles. The van der Waals surface area contributed by atoms with Crippen molar-refractivity contribution >= 4 is 5.82 Å². The second kappa shape index (κ2) is 9.10. The number of nitrogens with one attached hydrogen (secondary N) is 1. The molecule has 1 heterocycles. The van der Waals surface area contributed by atoms with E-state index in [9.17, 15) is 13.2 Å². The summed E-state index contributed by atoms with van der Waals surface area (Å²) in [6, 6.07) is 4.53.